The number of benzene rings is 1. The smallest absolute Gasteiger partial charge is 0.227 e. The van der Waals surface area contributed by atoms with Gasteiger partial charge in [0.15, 0.2) is 0 Å². The summed E-state index contributed by atoms with van der Waals surface area (Å²) in [5, 5.41) is 2.95. The molecule has 0 spiro atoms. The summed E-state index contributed by atoms with van der Waals surface area (Å²) in [5.41, 5.74) is 1.71. The van der Waals surface area contributed by atoms with Gasteiger partial charge in [0.25, 0.3) is 0 Å². The average Bonchev–Trinajstić information content (AvgIpc) is 3.00. The molecule has 1 atom stereocenters. The molecule has 0 saturated carbocycles. The SMILES string of the molecule is C[C@H]1CCCN(CCC(=O)Nc2ccc(N3CCCC3=O)cc2)C1. The van der Waals surface area contributed by atoms with Crippen molar-refractivity contribution < 1.29 is 9.59 Å². The third-order valence-electron chi connectivity index (χ3n) is 4.93. The number of nitrogens with one attached hydrogen (secondary N) is 1. The van der Waals surface area contributed by atoms with Crippen LogP contribution in [0.1, 0.15) is 39.0 Å². The highest BCUT2D eigenvalue weighted by Crippen LogP contribution is 2.23. The van der Waals surface area contributed by atoms with Gasteiger partial charge in [0, 0.05) is 43.9 Å². The lowest BCUT2D eigenvalue weighted by Gasteiger charge is -2.30. The molecular formula is C19H27N3O2. The molecule has 1 aromatic carbocycles. The zero-order valence-electron chi connectivity index (χ0n) is 14.5. The predicted octanol–water partition coefficient (Wildman–Crippen LogP) is 2.87. The van der Waals surface area contributed by atoms with Crippen molar-refractivity contribution in [2.75, 3.05) is 36.4 Å². The second-order valence-electron chi connectivity index (χ2n) is 7.04. The van der Waals surface area contributed by atoms with Gasteiger partial charge >= 0.3 is 0 Å². The molecule has 2 aliphatic heterocycles. The molecule has 24 heavy (non-hydrogen) atoms. The van der Waals surface area contributed by atoms with Gasteiger partial charge in [0.1, 0.15) is 0 Å². The van der Waals surface area contributed by atoms with Gasteiger partial charge in [-0.25, -0.2) is 0 Å². The van der Waals surface area contributed by atoms with Crippen molar-refractivity contribution >= 4 is 23.2 Å². The van der Waals surface area contributed by atoms with Crippen molar-refractivity contribution in [1.29, 1.82) is 0 Å². The third-order valence-corrected chi connectivity index (χ3v) is 4.93. The Bertz CT molecular complexity index is 585. The van der Waals surface area contributed by atoms with E-state index in [0.29, 0.717) is 12.8 Å². The first kappa shape index (κ1) is 17.0. The Morgan fingerprint density at radius 2 is 2.00 bits per heavy atom. The highest BCUT2D eigenvalue weighted by molar-refractivity contribution is 5.96. The standard InChI is InChI=1S/C19H27N3O2/c1-15-4-2-11-21(14-15)13-10-18(23)20-16-6-8-17(9-7-16)22-12-3-5-19(22)24/h6-9,15H,2-5,10-14H2,1H3,(H,20,23)/t15-/m0/s1. The van der Waals surface area contributed by atoms with E-state index in [2.05, 4.69) is 17.1 Å². The van der Waals surface area contributed by atoms with E-state index >= 15 is 0 Å². The van der Waals surface area contributed by atoms with Crippen LogP contribution in [-0.2, 0) is 9.59 Å². The fourth-order valence-corrected chi connectivity index (χ4v) is 3.62. The van der Waals surface area contributed by atoms with Crippen molar-refractivity contribution in [3.8, 4) is 0 Å². The number of carbonyl (C=O) groups excluding carboxylic acids is 2. The van der Waals surface area contributed by atoms with Gasteiger partial charge in [-0.3, -0.25) is 9.59 Å². The molecule has 0 aliphatic carbocycles. The fraction of sp³-hybridized carbons (Fsp3) is 0.579. The van der Waals surface area contributed by atoms with Crippen LogP contribution in [0.3, 0.4) is 0 Å². The average molecular weight is 329 g/mol. The van der Waals surface area contributed by atoms with Crippen LogP contribution in [0.25, 0.3) is 0 Å². The van der Waals surface area contributed by atoms with E-state index in [1.807, 2.05) is 29.2 Å². The minimum Gasteiger partial charge on any atom is -0.326 e. The lowest BCUT2D eigenvalue weighted by atomic mass is 10.0. The molecule has 2 aliphatic rings. The topological polar surface area (TPSA) is 52.7 Å². The zero-order chi connectivity index (χ0) is 16.9. The van der Waals surface area contributed by atoms with Gasteiger partial charge in [0.05, 0.1) is 0 Å². The summed E-state index contributed by atoms with van der Waals surface area (Å²) < 4.78 is 0. The van der Waals surface area contributed by atoms with Crippen molar-refractivity contribution in [3.05, 3.63) is 24.3 Å². The molecule has 0 unspecified atom stereocenters. The maximum atomic E-state index is 12.1. The molecule has 1 aromatic rings. The van der Waals surface area contributed by atoms with Gasteiger partial charge in [-0.05, 0) is 56.0 Å². The maximum absolute atomic E-state index is 12.1. The molecule has 1 N–H and O–H groups in total. The number of rotatable bonds is 5. The summed E-state index contributed by atoms with van der Waals surface area (Å²) in [6.07, 6.45) is 4.62. The molecule has 0 radical (unpaired) electrons. The number of hydrogen-bond donors (Lipinski definition) is 1. The molecule has 5 nitrogen and oxygen atoms in total. The quantitative estimate of drug-likeness (QED) is 0.904. The molecule has 5 heteroatoms. The van der Waals surface area contributed by atoms with Gasteiger partial charge in [-0.2, -0.15) is 0 Å². The number of hydrogen-bond acceptors (Lipinski definition) is 3. The van der Waals surface area contributed by atoms with Crippen LogP contribution >= 0.6 is 0 Å². The maximum Gasteiger partial charge on any atom is 0.227 e. The van der Waals surface area contributed by atoms with Gasteiger partial charge in [-0.15, -0.1) is 0 Å². The zero-order valence-corrected chi connectivity index (χ0v) is 14.5. The number of anilines is 2. The van der Waals surface area contributed by atoms with Crippen LogP contribution in [-0.4, -0.2) is 42.9 Å². The molecule has 3 rings (SSSR count). The lowest BCUT2D eigenvalue weighted by molar-refractivity contribution is -0.117. The Morgan fingerprint density at radius 3 is 2.67 bits per heavy atom. The van der Waals surface area contributed by atoms with Crippen LogP contribution in [0.2, 0.25) is 0 Å². The first-order chi connectivity index (χ1) is 11.6. The number of carbonyl (C=O) groups is 2. The summed E-state index contributed by atoms with van der Waals surface area (Å²) in [6, 6.07) is 7.57. The van der Waals surface area contributed by atoms with E-state index in [1.54, 1.807) is 0 Å². The van der Waals surface area contributed by atoms with E-state index < -0.39 is 0 Å². The van der Waals surface area contributed by atoms with E-state index in [9.17, 15) is 9.59 Å². The number of piperidine rings is 1. The summed E-state index contributed by atoms with van der Waals surface area (Å²) in [7, 11) is 0. The monoisotopic (exact) mass is 329 g/mol. The Hall–Kier alpha value is -1.88. The van der Waals surface area contributed by atoms with Crippen LogP contribution in [0.4, 0.5) is 11.4 Å². The first-order valence-electron chi connectivity index (χ1n) is 9.04. The Labute approximate surface area is 144 Å². The highest BCUT2D eigenvalue weighted by Gasteiger charge is 2.21. The molecular weight excluding hydrogens is 302 g/mol. The summed E-state index contributed by atoms with van der Waals surface area (Å²) in [4.78, 5) is 28.1. The lowest BCUT2D eigenvalue weighted by Crippen LogP contribution is -2.36. The Morgan fingerprint density at radius 1 is 1.21 bits per heavy atom. The van der Waals surface area contributed by atoms with Crippen LogP contribution in [0.15, 0.2) is 24.3 Å². The second-order valence-corrected chi connectivity index (χ2v) is 7.04. The van der Waals surface area contributed by atoms with Crippen molar-refractivity contribution in [2.45, 2.75) is 39.0 Å². The van der Waals surface area contributed by atoms with Crippen LogP contribution < -0.4 is 10.2 Å². The van der Waals surface area contributed by atoms with Crippen molar-refractivity contribution in [1.82, 2.24) is 4.90 Å². The molecule has 2 amide bonds. The van der Waals surface area contributed by atoms with Gasteiger partial charge < -0.3 is 15.1 Å². The van der Waals surface area contributed by atoms with E-state index in [1.165, 1.54) is 12.8 Å². The highest BCUT2D eigenvalue weighted by atomic mass is 16.2. The molecule has 2 saturated heterocycles. The molecule has 0 bridgehead atoms. The molecule has 2 heterocycles. The van der Waals surface area contributed by atoms with E-state index in [0.717, 1.165) is 49.9 Å². The Balaban J connectivity index is 1.46. The van der Waals surface area contributed by atoms with Crippen LogP contribution in [0.5, 0.6) is 0 Å². The molecule has 130 valence electrons. The molecule has 0 aromatic heterocycles. The van der Waals surface area contributed by atoms with E-state index in [4.69, 9.17) is 0 Å². The normalized spacial score (nSPS) is 22.0. The number of nitrogens with zero attached hydrogens (tertiary/aromatic N) is 2. The third kappa shape index (κ3) is 4.35. The first-order valence-corrected chi connectivity index (χ1v) is 9.04. The second kappa shape index (κ2) is 7.79. The Kier molecular flexibility index (Phi) is 5.51. The predicted molar refractivity (Wildman–Crippen MR) is 96.1 cm³/mol. The summed E-state index contributed by atoms with van der Waals surface area (Å²) >= 11 is 0. The van der Waals surface area contributed by atoms with Crippen molar-refractivity contribution in [2.24, 2.45) is 5.92 Å². The summed E-state index contributed by atoms with van der Waals surface area (Å²) in [5.74, 6) is 0.975. The van der Waals surface area contributed by atoms with Crippen LogP contribution in [0, 0.1) is 5.92 Å². The van der Waals surface area contributed by atoms with Crippen molar-refractivity contribution in [3.63, 3.8) is 0 Å². The number of likely N-dealkylation sites (tertiary alicyclic amines) is 1. The van der Waals surface area contributed by atoms with Gasteiger partial charge in [-0.1, -0.05) is 6.92 Å². The minimum absolute atomic E-state index is 0.0539. The fourth-order valence-electron chi connectivity index (χ4n) is 3.62. The van der Waals surface area contributed by atoms with Gasteiger partial charge in [0.2, 0.25) is 11.8 Å². The minimum atomic E-state index is 0.0539. The number of amides is 2. The molecule has 2 fully saturated rings. The summed E-state index contributed by atoms with van der Waals surface area (Å²) in [6.45, 7) is 6.11. The van der Waals surface area contributed by atoms with E-state index in [-0.39, 0.29) is 11.8 Å². The largest absolute Gasteiger partial charge is 0.326 e.